The molecule has 0 fully saturated rings. The zero-order valence-electron chi connectivity index (χ0n) is 8.77. The van der Waals surface area contributed by atoms with E-state index in [4.69, 9.17) is 15.9 Å². The van der Waals surface area contributed by atoms with Gasteiger partial charge in [0.1, 0.15) is 16.7 Å². The SMILES string of the molecule is Cc1nn(C)c(SCCS(=O)(=O)Cl)c1C#N. The topological polar surface area (TPSA) is 75.8 Å². The summed E-state index contributed by atoms with van der Waals surface area (Å²) >= 11 is 1.26. The molecule has 5 nitrogen and oxygen atoms in total. The van der Waals surface area contributed by atoms with E-state index in [2.05, 4.69) is 5.10 Å². The molecule has 0 N–H and O–H groups in total. The van der Waals surface area contributed by atoms with Gasteiger partial charge in [0.2, 0.25) is 9.05 Å². The van der Waals surface area contributed by atoms with E-state index in [0.29, 0.717) is 22.0 Å². The van der Waals surface area contributed by atoms with Crippen LogP contribution in [0.25, 0.3) is 0 Å². The minimum Gasteiger partial charge on any atom is -0.260 e. The Balaban J connectivity index is 2.79. The van der Waals surface area contributed by atoms with Crippen LogP contribution in [0.1, 0.15) is 11.3 Å². The highest BCUT2D eigenvalue weighted by Crippen LogP contribution is 2.24. The molecule has 0 saturated carbocycles. The van der Waals surface area contributed by atoms with Crippen LogP contribution in [-0.4, -0.2) is 29.7 Å². The van der Waals surface area contributed by atoms with Crippen molar-refractivity contribution in [3.8, 4) is 6.07 Å². The third-order valence-electron chi connectivity index (χ3n) is 1.85. The summed E-state index contributed by atoms with van der Waals surface area (Å²) in [6.07, 6.45) is 0. The van der Waals surface area contributed by atoms with Gasteiger partial charge in [0.25, 0.3) is 0 Å². The Kier molecular flexibility index (Phi) is 4.24. The second-order valence-corrected chi connectivity index (χ2v) is 7.07. The Bertz CT molecular complexity index is 530. The molecule has 1 heterocycles. The monoisotopic (exact) mass is 279 g/mol. The predicted octanol–water partition coefficient (Wildman–Crippen LogP) is 1.26. The van der Waals surface area contributed by atoms with E-state index >= 15 is 0 Å². The van der Waals surface area contributed by atoms with Crippen molar-refractivity contribution < 1.29 is 8.42 Å². The first-order valence-corrected chi connectivity index (χ1v) is 7.80. The molecule has 1 aromatic rings. The average Bonchev–Trinajstić information content (AvgIpc) is 2.39. The first-order chi connectivity index (χ1) is 7.35. The number of aromatic nitrogens is 2. The number of hydrogen-bond acceptors (Lipinski definition) is 5. The third kappa shape index (κ3) is 3.40. The maximum absolute atomic E-state index is 10.7. The normalized spacial score (nSPS) is 11.4. The lowest BCUT2D eigenvalue weighted by Gasteiger charge is -2.00. The highest BCUT2D eigenvalue weighted by atomic mass is 35.7. The molecule has 8 heteroatoms. The van der Waals surface area contributed by atoms with Gasteiger partial charge in [0.05, 0.1) is 11.4 Å². The fraction of sp³-hybridized carbons (Fsp3) is 0.500. The summed E-state index contributed by atoms with van der Waals surface area (Å²) in [7, 11) is 3.32. The van der Waals surface area contributed by atoms with Gasteiger partial charge >= 0.3 is 0 Å². The van der Waals surface area contributed by atoms with Crippen LogP contribution >= 0.6 is 22.4 Å². The summed E-state index contributed by atoms with van der Waals surface area (Å²) < 4.78 is 23.0. The van der Waals surface area contributed by atoms with Gasteiger partial charge in [-0.25, -0.2) is 8.42 Å². The van der Waals surface area contributed by atoms with Crippen LogP contribution in [-0.2, 0) is 16.1 Å². The number of thioether (sulfide) groups is 1. The average molecular weight is 280 g/mol. The fourth-order valence-electron chi connectivity index (χ4n) is 1.17. The molecule has 0 aliphatic carbocycles. The van der Waals surface area contributed by atoms with E-state index in [1.807, 2.05) is 6.07 Å². The van der Waals surface area contributed by atoms with Crippen LogP contribution in [0.2, 0.25) is 0 Å². The first-order valence-electron chi connectivity index (χ1n) is 4.34. The van der Waals surface area contributed by atoms with Crippen LogP contribution in [0.15, 0.2) is 5.03 Å². The van der Waals surface area contributed by atoms with Crippen molar-refractivity contribution in [2.24, 2.45) is 7.05 Å². The Morgan fingerprint density at radius 2 is 2.25 bits per heavy atom. The quantitative estimate of drug-likeness (QED) is 0.613. The van der Waals surface area contributed by atoms with Crippen molar-refractivity contribution in [1.29, 1.82) is 5.26 Å². The van der Waals surface area contributed by atoms with E-state index in [0.717, 1.165) is 0 Å². The third-order valence-corrected chi connectivity index (χ3v) is 4.41. The summed E-state index contributed by atoms with van der Waals surface area (Å²) in [5.74, 6) is 0.174. The highest BCUT2D eigenvalue weighted by molar-refractivity contribution is 8.14. The van der Waals surface area contributed by atoms with Crippen LogP contribution in [0.3, 0.4) is 0 Å². The Morgan fingerprint density at radius 3 is 2.75 bits per heavy atom. The van der Waals surface area contributed by atoms with Crippen molar-refractivity contribution in [2.75, 3.05) is 11.5 Å². The predicted molar refractivity (Wildman–Crippen MR) is 63.0 cm³/mol. The molecule has 0 atom stereocenters. The van der Waals surface area contributed by atoms with Crippen LogP contribution < -0.4 is 0 Å². The number of hydrogen-bond donors (Lipinski definition) is 0. The minimum atomic E-state index is -3.48. The number of halogens is 1. The second-order valence-electron chi connectivity index (χ2n) is 3.09. The van der Waals surface area contributed by atoms with Gasteiger partial charge in [0, 0.05) is 23.5 Å². The first kappa shape index (κ1) is 13.4. The highest BCUT2D eigenvalue weighted by Gasteiger charge is 2.14. The zero-order chi connectivity index (χ0) is 12.3. The van der Waals surface area contributed by atoms with Crippen LogP contribution in [0.4, 0.5) is 0 Å². The van der Waals surface area contributed by atoms with Crippen molar-refractivity contribution in [1.82, 2.24) is 9.78 Å². The molecule has 0 unspecified atom stereocenters. The smallest absolute Gasteiger partial charge is 0.233 e. The van der Waals surface area contributed by atoms with Gasteiger partial charge < -0.3 is 0 Å². The van der Waals surface area contributed by atoms with E-state index in [-0.39, 0.29) is 5.75 Å². The Hall–Kier alpha value is -0.710. The van der Waals surface area contributed by atoms with Crippen molar-refractivity contribution >= 4 is 31.5 Å². The molecule has 1 aromatic heterocycles. The number of aryl methyl sites for hydroxylation is 2. The van der Waals surface area contributed by atoms with Gasteiger partial charge in [-0.2, -0.15) is 10.4 Å². The summed E-state index contributed by atoms with van der Waals surface area (Å²) in [5.41, 5.74) is 1.13. The lowest BCUT2D eigenvalue weighted by atomic mass is 10.3. The molecule has 0 aliphatic heterocycles. The maximum Gasteiger partial charge on any atom is 0.233 e. The van der Waals surface area contributed by atoms with Crippen LogP contribution in [0, 0.1) is 18.3 Å². The molecule has 0 aliphatic rings. The van der Waals surface area contributed by atoms with E-state index < -0.39 is 9.05 Å². The van der Waals surface area contributed by atoms with Gasteiger partial charge in [0.15, 0.2) is 0 Å². The van der Waals surface area contributed by atoms with Gasteiger partial charge in [-0.3, -0.25) is 4.68 Å². The molecule has 1 rings (SSSR count). The Morgan fingerprint density at radius 1 is 1.62 bits per heavy atom. The summed E-state index contributed by atoms with van der Waals surface area (Å²) in [6, 6.07) is 2.05. The van der Waals surface area contributed by atoms with E-state index in [1.165, 1.54) is 11.8 Å². The largest absolute Gasteiger partial charge is 0.260 e. The molecule has 0 aromatic carbocycles. The van der Waals surface area contributed by atoms with Crippen molar-refractivity contribution in [3.05, 3.63) is 11.3 Å². The molecule has 0 spiro atoms. The number of nitriles is 1. The summed E-state index contributed by atoms with van der Waals surface area (Å²) in [5, 5.41) is 13.7. The van der Waals surface area contributed by atoms with Gasteiger partial charge in [-0.05, 0) is 6.92 Å². The van der Waals surface area contributed by atoms with Crippen molar-refractivity contribution in [3.63, 3.8) is 0 Å². The standard InChI is InChI=1S/C8H10ClN3O2S2/c1-6-7(5-10)8(12(2)11-6)15-3-4-16(9,13)14/h3-4H2,1-2H3. The van der Waals surface area contributed by atoms with Gasteiger partial charge in [-0.15, -0.1) is 11.8 Å². The second kappa shape index (κ2) is 5.08. The van der Waals surface area contributed by atoms with E-state index in [1.54, 1.807) is 18.7 Å². The summed E-state index contributed by atoms with van der Waals surface area (Å²) in [4.78, 5) is 0. The summed E-state index contributed by atoms with van der Waals surface area (Å²) in [6.45, 7) is 1.74. The molecule has 0 bridgehead atoms. The molecular formula is C8H10ClN3O2S2. The molecule has 88 valence electrons. The fourth-order valence-corrected chi connectivity index (χ4v) is 3.62. The number of nitrogens with zero attached hydrogens (tertiary/aromatic N) is 3. The lowest BCUT2D eigenvalue weighted by Crippen LogP contribution is -2.01. The van der Waals surface area contributed by atoms with Gasteiger partial charge in [-0.1, -0.05) is 0 Å². The zero-order valence-corrected chi connectivity index (χ0v) is 11.2. The maximum atomic E-state index is 10.7. The molecule has 16 heavy (non-hydrogen) atoms. The Labute approximate surface area is 103 Å². The minimum absolute atomic E-state index is 0.131. The molecular weight excluding hydrogens is 270 g/mol. The number of rotatable bonds is 4. The molecule has 0 saturated heterocycles. The molecule has 0 radical (unpaired) electrons. The lowest BCUT2D eigenvalue weighted by molar-refractivity contribution is 0.611. The van der Waals surface area contributed by atoms with Crippen molar-refractivity contribution in [2.45, 2.75) is 11.9 Å². The van der Waals surface area contributed by atoms with Crippen LogP contribution in [0.5, 0.6) is 0 Å². The van der Waals surface area contributed by atoms with E-state index in [9.17, 15) is 8.42 Å². The molecule has 0 amide bonds.